The maximum absolute atomic E-state index is 13.4. The highest BCUT2D eigenvalue weighted by molar-refractivity contribution is 7.91. The fourth-order valence-electron chi connectivity index (χ4n) is 4.95. The predicted octanol–water partition coefficient (Wildman–Crippen LogP) is 4.39. The van der Waals surface area contributed by atoms with Crippen LogP contribution in [-0.4, -0.2) is 40.4 Å². The van der Waals surface area contributed by atoms with E-state index in [9.17, 15) is 26.7 Å². The van der Waals surface area contributed by atoms with Gasteiger partial charge in [0.25, 0.3) is 0 Å². The number of rotatable bonds is 13. The number of amides is 1. The van der Waals surface area contributed by atoms with E-state index in [0.29, 0.717) is 18.5 Å². The maximum atomic E-state index is 13.4. The summed E-state index contributed by atoms with van der Waals surface area (Å²) in [4.78, 5) is 13.4. The third kappa shape index (κ3) is 8.29. The van der Waals surface area contributed by atoms with E-state index in [1.807, 2.05) is 53.3 Å². The Morgan fingerprint density at radius 2 is 1.42 bits per heavy atom. The molecule has 1 heterocycles. The molecule has 0 radical (unpaired) electrons. The Kier molecular flexibility index (Phi) is 9.87. The van der Waals surface area contributed by atoms with Crippen LogP contribution in [0.2, 0.25) is 0 Å². The first-order valence-electron chi connectivity index (χ1n) is 14.4. The number of carbonyl (C=O) groups excluding carboxylic acids is 1. The van der Waals surface area contributed by atoms with Crippen molar-refractivity contribution in [2.45, 2.75) is 36.6 Å². The fourth-order valence-corrected chi connectivity index (χ4v) is 7.20. The number of aliphatic hydroxyl groups is 1. The minimum atomic E-state index is -4.08. The van der Waals surface area contributed by atoms with Gasteiger partial charge < -0.3 is 10.4 Å². The molecule has 12 heteroatoms. The summed E-state index contributed by atoms with van der Waals surface area (Å²) in [6.07, 6.45) is 3.50. The van der Waals surface area contributed by atoms with Crippen molar-refractivity contribution in [3.63, 3.8) is 0 Å². The molecule has 5 rings (SSSR count). The number of unbranched alkanes of at least 4 members (excludes halogenated alkanes) is 1. The minimum Gasteiger partial charge on any atom is -0.493 e. The molecule has 4 aromatic carbocycles. The lowest BCUT2D eigenvalue weighted by Gasteiger charge is -2.20. The molecular weight excluding hydrogens is 613 g/mol. The zero-order valence-electron chi connectivity index (χ0n) is 24.3. The lowest BCUT2D eigenvalue weighted by atomic mass is 10.1. The predicted molar refractivity (Wildman–Crippen MR) is 174 cm³/mol. The van der Waals surface area contributed by atoms with E-state index in [4.69, 9.17) is 0 Å². The molecule has 0 bridgehead atoms. The summed E-state index contributed by atoms with van der Waals surface area (Å²) in [6, 6.07) is 31.2. The number of aliphatic hydroxyl groups excluding tert-OH is 1. The summed E-state index contributed by atoms with van der Waals surface area (Å²) in [7, 11) is -8.04. The zero-order valence-corrected chi connectivity index (χ0v) is 26.0. The third-order valence-corrected chi connectivity index (χ3v) is 10.1. The van der Waals surface area contributed by atoms with Crippen LogP contribution in [0.4, 0.5) is 5.69 Å². The molecule has 0 saturated carbocycles. The van der Waals surface area contributed by atoms with Crippen LogP contribution in [-0.2, 0) is 37.9 Å². The number of aryl methyl sites for hydroxylation is 1. The molecule has 1 amide bonds. The molecule has 0 aliphatic carbocycles. The third-order valence-electron chi connectivity index (χ3n) is 7.28. The second-order valence-electron chi connectivity index (χ2n) is 10.6. The SMILES string of the molecule is O=C(NCCCCc1ccccc1)[C@H](Cc1ccc(N2C=C(O)NS2(=O)=O)cc1)NS(=O)(=O)c1ccc(-c2ccccc2)cc1. The Bertz CT molecular complexity index is 1850. The van der Waals surface area contributed by atoms with Gasteiger partial charge in [0.05, 0.1) is 16.8 Å². The van der Waals surface area contributed by atoms with Crippen molar-refractivity contribution in [2.24, 2.45) is 0 Å². The van der Waals surface area contributed by atoms with E-state index in [-0.39, 0.29) is 17.0 Å². The maximum Gasteiger partial charge on any atom is 0.330 e. The van der Waals surface area contributed by atoms with Crippen LogP contribution in [0.3, 0.4) is 0 Å². The second-order valence-corrected chi connectivity index (χ2v) is 13.8. The Morgan fingerprint density at radius 3 is 2.04 bits per heavy atom. The van der Waals surface area contributed by atoms with Crippen molar-refractivity contribution in [3.8, 4) is 11.1 Å². The first-order valence-corrected chi connectivity index (χ1v) is 17.3. The van der Waals surface area contributed by atoms with Gasteiger partial charge in [-0.1, -0.05) is 84.9 Å². The molecule has 1 aliphatic rings. The first-order chi connectivity index (χ1) is 21.6. The summed E-state index contributed by atoms with van der Waals surface area (Å²) in [5.74, 6) is -0.978. The quantitative estimate of drug-likeness (QED) is 0.159. The van der Waals surface area contributed by atoms with Crippen molar-refractivity contribution >= 4 is 31.8 Å². The average molecular weight is 647 g/mol. The van der Waals surface area contributed by atoms with Gasteiger partial charge in [-0.2, -0.15) is 13.1 Å². The molecule has 0 spiro atoms. The number of sulfonamides is 1. The summed E-state index contributed by atoms with van der Waals surface area (Å²) in [6.45, 7) is 0.379. The van der Waals surface area contributed by atoms with Crippen molar-refractivity contribution in [3.05, 3.63) is 132 Å². The molecule has 45 heavy (non-hydrogen) atoms. The number of nitrogens with zero attached hydrogens (tertiary/aromatic N) is 1. The van der Waals surface area contributed by atoms with E-state index in [0.717, 1.165) is 34.5 Å². The van der Waals surface area contributed by atoms with Gasteiger partial charge in [-0.05, 0) is 72.2 Å². The van der Waals surface area contributed by atoms with E-state index in [1.165, 1.54) is 29.8 Å². The lowest BCUT2D eigenvalue weighted by Crippen LogP contribution is -2.48. The van der Waals surface area contributed by atoms with Crippen LogP contribution in [0.15, 0.2) is 126 Å². The molecule has 234 valence electrons. The second kappa shape index (κ2) is 14.0. The van der Waals surface area contributed by atoms with Gasteiger partial charge in [0.15, 0.2) is 0 Å². The number of benzene rings is 4. The van der Waals surface area contributed by atoms with Crippen LogP contribution in [0.5, 0.6) is 0 Å². The summed E-state index contributed by atoms with van der Waals surface area (Å²) in [5.41, 5.74) is 3.87. The van der Waals surface area contributed by atoms with Crippen LogP contribution in [0, 0.1) is 0 Å². The zero-order chi connectivity index (χ0) is 31.9. The van der Waals surface area contributed by atoms with Crippen LogP contribution >= 0.6 is 0 Å². The van der Waals surface area contributed by atoms with Gasteiger partial charge in [0.1, 0.15) is 6.04 Å². The van der Waals surface area contributed by atoms with Crippen LogP contribution in [0.25, 0.3) is 11.1 Å². The van der Waals surface area contributed by atoms with E-state index < -0.39 is 38.1 Å². The number of nitrogens with one attached hydrogen (secondary N) is 3. The van der Waals surface area contributed by atoms with E-state index >= 15 is 0 Å². The van der Waals surface area contributed by atoms with Crippen molar-refractivity contribution in [1.82, 2.24) is 14.8 Å². The topological polar surface area (TPSA) is 145 Å². The highest BCUT2D eigenvalue weighted by atomic mass is 32.2. The smallest absolute Gasteiger partial charge is 0.330 e. The molecule has 0 unspecified atom stereocenters. The molecule has 1 atom stereocenters. The van der Waals surface area contributed by atoms with Crippen molar-refractivity contribution in [1.29, 1.82) is 0 Å². The average Bonchev–Trinajstić information content (AvgIpc) is 3.33. The van der Waals surface area contributed by atoms with Crippen LogP contribution < -0.4 is 19.1 Å². The highest BCUT2D eigenvalue weighted by Gasteiger charge is 2.29. The van der Waals surface area contributed by atoms with Crippen LogP contribution in [0.1, 0.15) is 24.0 Å². The fraction of sp³-hybridized carbons (Fsp3) is 0.182. The van der Waals surface area contributed by atoms with Gasteiger partial charge in [-0.3, -0.25) is 4.79 Å². The monoisotopic (exact) mass is 646 g/mol. The molecule has 10 nitrogen and oxygen atoms in total. The van der Waals surface area contributed by atoms with Crippen molar-refractivity contribution in [2.75, 3.05) is 10.8 Å². The molecular formula is C33H34N4O6S2. The highest BCUT2D eigenvalue weighted by Crippen LogP contribution is 2.24. The van der Waals surface area contributed by atoms with E-state index in [2.05, 4.69) is 22.2 Å². The Labute approximate surface area is 263 Å². The van der Waals surface area contributed by atoms with Gasteiger partial charge in [0.2, 0.25) is 21.8 Å². The Balaban J connectivity index is 1.29. The molecule has 4 N–H and O–H groups in total. The molecule has 0 saturated heterocycles. The normalized spacial score (nSPS) is 14.8. The number of carbonyl (C=O) groups is 1. The number of hydrogen-bond acceptors (Lipinski definition) is 6. The summed E-state index contributed by atoms with van der Waals surface area (Å²) < 4.78 is 56.8. The van der Waals surface area contributed by atoms with Gasteiger partial charge in [-0.15, -0.1) is 0 Å². The molecule has 0 aromatic heterocycles. The Morgan fingerprint density at radius 1 is 0.800 bits per heavy atom. The summed E-state index contributed by atoms with van der Waals surface area (Å²) in [5, 5.41) is 12.5. The minimum absolute atomic E-state index is 0.0174. The largest absolute Gasteiger partial charge is 0.493 e. The van der Waals surface area contributed by atoms with Gasteiger partial charge >= 0.3 is 10.2 Å². The number of anilines is 1. The number of hydrogen-bond donors (Lipinski definition) is 4. The molecule has 1 aliphatic heterocycles. The lowest BCUT2D eigenvalue weighted by molar-refractivity contribution is -0.122. The van der Waals surface area contributed by atoms with E-state index in [1.54, 1.807) is 24.3 Å². The van der Waals surface area contributed by atoms with Gasteiger partial charge in [-0.25, -0.2) is 17.4 Å². The van der Waals surface area contributed by atoms with Gasteiger partial charge in [0, 0.05) is 6.54 Å². The standard InChI is InChI=1S/C33H34N4O6S2/c38-32-24-37(45(42,43)36-32)29-18-14-26(15-19-29)23-31(33(39)34-22-8-7-11-25-9-3-1-4-10-25)35-44(40,41)30-20-16-28(17-21-30)27-12-5-2-6-13-27/h1-6,9-10,12-21,24,31,35-36,38H,7-8,11,22-23H2,(H,34,39)/t31-/m0/s1. The molecule has 4 aromatic rings. The summed E-state index contributed by atoms with van der Waals surface area (Å²) >= 11 is 0. The first kappa shape index (κ1) is 31.8. The molecule has 0 fully saturated rings. The Hall–Kier alpha value is -4.65. The van der Waals surface area contributed by atoms with Crippen molar-refractivity contribution < 1.29 is 26.7 Å².